The van der Waals surface area contributed by atoms with Gasteiger partial charge in [0.25, 0.3) is 0 Å². The molecule has 0 aliphatic heterocycles. The Morgan fingerprint density at radius 3 is 2.59 bits per heavy atom. The third-order valence-corrected chi connectivity index (χ3v) is 4.79. The van der Waals surface area contributed by atoms with Crippen LogP contribution in [-0.4, -0.2) is 29.3 Å². The number of nitrogens with zero attached hydrogens (tertiary/aromatic N) is 1. The Balaban J connectivity index is 1.70. The van der Waals surface area contributed by atoms with E-state index in [1.54, 1.807) is 39.3 Å². The summed E-state index contributed by atoms with van der Waals surface area (Å²) < 4.78 is 34.8. The zero-order valence-electron chi connectivity index (χ0n) is 18.0. The van der Waals surface area contributed by atoms with Gasteiger partial charge in [0.2, 0.25) is 5.88 Å². The van der Waals surface area contributed by atoms with Crippen molar-refractivity contribution in [2.24, 2.45) is 0 Å². The maximum Gasteiger partial charge on any atom is 0.515 e. The van der Waals surface area contributed by atoms with E-state index in [9.17, 15) is 9.18 Å². The van der Waals surface area contributed by atoms with Gasteiger partial charge in [0, 0.05) is 23.4 Å². The van der Waals surface area contributed by atoms with Gasteiger partial charge < -0.3 is 23.9 Å². The molecule has 2 aromatic heterocycles. The Labute approximate surface area is 184 Å². The lowest BCUT2D eigenvalue weighted by atomic mass is 10.1. The van der Waals surface area contributed by atoms with Gasteiger partial charge in [-0.2, -0.15) is 0 Å². The van der Waals surface area contributed by atoms with Gasteiger partial charge in [-0.15, -0.1) is 0 Å². The number of rotatable bonds is 7. The van der Waals surface area contributed by atoms with E-state index in [4.69, 9.17) is 18.9 Å². The normalized spacial score (nSPS) is 11.3. The topological polar surface area (TPSA) is 82.7 Å². The van der Waals surface area contributed by atoms with Crippen LogP contribution in [0.4, 0.5) is 9.18 Å². The summed E-state index contributed by atoms with van der Waals surface area (Å²) in [7, 11) is 1.56. The predicted octanol–water partition coefficient (Wildman–Crippen LogP) is 5.50. The highest BCUT2D eigenvalue weighted by atomic mass is 19.1. The average molecular weight is 438 g/mol. The molecule has 0 radical (unpaired) electrons. The molecule has 0 unspecified atom stereocenters. The first-order valence-corrected chi connectivity index (χ1v) is 10.1. The van der Waals surface area contributed by atoms with E-state index in [1.165, 1.54) is 12.1 Å². The van der Waals surface area contributed by atoms with Crippen molar-refractivity contribution >= 4 is 28.0 Å². The number of benzene rings is 2. The standard InChI is InChI=1S/C24H23FN2O5/c1-14(2)31-24(28)32-23-19(13-29-3)22-18-10-17(8-9-20(18)27-21(22)11-26-23)30-12-15-4-6-16(25)7-5-15/h4-11,14,27H,12-13H2,1-3H3. The Hall–Kier alpha value is -3.65. The maximum atomic E-state index is 13.1. The number of H-pyrrole nitrogens is 1. The summed E-state index contributed by atoms with van der Waals surface area (Å²) in [5.74, 6) is 0.483. The number of hydrogen-bond donors (Lipinski definition) is 1. The second-order valence-electron chi connectivity index (χ2n) is 7.53. The third kappa shape index (κ3) is 4.65. The van der Waals surface area contributed by atoms with Crippen molar-refractivity contribution in [3.63, 3.8) is 0 Å². The lowest BCUT2D eigenvalue weighted by Gasteiger charge is -2.12. The molecule has 166 valence electrons. The van der Waals surface area contributed by atoms with Crippen molar-refractivity contribution < 1.29 is 28.1 Å². The minimum atomic E-state index is -0.827. The summed E-state index contributed by atoms with van der Waals surface area (Å²) in [5.41, 5.74) is 3.11. The number of carbonyl (C=O) groups excluding carboxylic acids is 1. The number of fused-ring (bicyclic) bond motifs is 3. The number of ether oxygens (including phenoxy) is 4. The predicted molar refractivity (Wildman–Crippen MR) is 117 cm³/mol. The molecule has 7 nitrogen and oxygen atoms in total. The fraction of sp³-hybridized carbons (Fsp3) is 0.250. The number of methoxy groups -OCH3 is 1. The van der Waals surface area contributed by atoms with E-state index in [0.717, 1.165) is 27.4 Å². The zero-order chi connectivity index (χ0) is 22.7. The SMILES string of the molecule is COCc1c(OC(=O)OC(C)C)ncc2[nH]c3ccc(OCc4ccc(F)cc4)cc3c12. The summed E-state index contributed by atoms with van der Waals surface area (Å²) in [6, 6.07) is 11.8. The van der Waals surface area contributed by atoms with Crippen LogP contribution in [0, 0.1) is 5.82 Å². The average Bonchev–Trinajstić information content (AvgIpc) is 3.12. The minimum absolute atomic E-state index is 0.128. The summed E-state index contributed by atoms with van der Waals surface area (Å²) in [5, 5.41) is 1.68. The van der Waals surface area contributed by atoms with Crippen LogP contribution >= 0.6 is 0 Å². The molecule has 4 rings (SSSR count). The molecule has 0 bridgehead atoms. The van der Waals surface area contributed by atoms with Crippen LogP contribution in [0.25, 0.3) is 21.8 Å². The van der Waals surface area contributed by atoms with Crippen molar-refractivity contribution in [1.29, 1.82) is 0 Å². The van der Waals surface area contributed by atoms with Gasteiger partial charge in [-0.1, -0.05) is 12.1 Å². The summed E-state index contributed by atoms with van der Waals surface area (Å²) in [4.78, 5) is 19.6. The van der Waals surface area contributed by atoms with Crippen LogP contribution in [0.15, 0.2) is 48.7 Å². The van der Waals surface area contributed by atoms with Gasteiger partial charge in [-0.05, 0) is 49.7 Å². The van der Waals surface area contributed by atoms with E-state index in [-0.39, 0.29) is 24.4 Å². The molecule has 8 heteroatoms. The van der Waals surface area contributed by atoms with Crippen molar-refractivity contribution in [2.45, 2.75) is 33.2 Å². The van der Waals surface area contributed by atoms with Gasteiger partial charge in [-0.25, -0.2) is 14.2 Å². The quantitative estimate of drug-likeness (QED) is 0.384. The van der Waals surface area contributed by atoms with Crippen molar-refractivity contribution in [2.75, 3.05) is 7.11 Å². The molecular weight excluding hydrogens is 415 g/mol. The monoisotopic (exact) mass is 438 g/mol. The Kier molecular flexibility index (Phi) is 6.23. The molecule has 0 saturated carbocycles. The van der Waals surface area contributed by atoms with Gasteiger partial charge in [0.05, 0.1) is 30.0 Å². The number of carbonyl (C=O) groups is 1. The van der Waals surface area contributed by atoms with Crippen LogP contribution in [0.2, 0.25) is 0 Å². The second kappa shape index (κ2) is 9.23. The molecule has 0 spiro atoms. The molecule has 2 heterocycles. The lowest BCUT2D eigenvalue weighted by Crippen LogP contribution is -2.17. The van der Waals surface area contributed by atoms with Crippen LogP contribution in [-0.2, 0) is 22.7 Å². The molecule has 32 heavy (non-hydrogen) atoms. The Morgan fingerprint density at radius 2 is 1.88 bits per heavy atom. The molecule has 0 amide bonds. The highest BCUT2D eigenvalue weighted by Crippen LogP contribution is 2.35. The first-order valence-electron chi connectivity index (χ1n) is 10.1. The molecule has 0 aliphatic rings. The summed E-state index contributed by atoms with van der Waals surface area (Å²) in [6.45, 7) is 3.96. The fourth-order valence-corrected chi connectivity index (χ4v) is 3.42. The van der Waals surface area contributed by atoms with Gasteiger partial charge in [-0.3, -0.25) is 0 Å². The van der Waals surface area contributed by atoms with Crippen molar-refractivity contribution in [3.05, 3.63) is 65.6 Å². The molecule has 4 aromatic rings. The summed E-state index contributed by atoms with van der Waals surface area (Å²) >= 11 is 0. The second-order valence-corrected chi connectivity index (χ2v) is 7.53. The highest BCUT2D eigenvalue weighted by Gasteiger charge is 2.19. The van der Waals surface area contributed by atoms with E-state index < -0.39 is 6.16 Å². The fourth-order valence-electron chi connectivity index (χ4n) is 3.42. The van der Waals surface area contributed by atoms with Gasteiger partial charge >= 0.3 is 6.16 Å². The van der Waals surface area contributed by atoms with Gasteiger partial charge in [0.15, 0.2) is 0 Å². The smallest absolute Gasteiger partial charge is 0.489 e. The number of halogens is 1. The van der Waals surface area contributed by atoms with Crippen LogP contribution in [0.5, 0.6) is 11.6 Å². The molecule has 0 saturated heterocycles. The number of aromatic amines is 1. The molecular formula is C24H23FN2O5. The van der Waals surface area contributed by atoms with E-state index in [2.05, 4.69) is 9.97 Å². The summed E-state index contributed by atoms with van der Waals surface area (Å²) in [6.07, 6.45) is 0.462. The number of aromatic nitrogens is 2. The molecule has 0 fully saturated rings. The molecule has 0 atom stereocenters. The molecule has 1 N–H and O–H groups in total. The Bertz CT molecular complexity index is 1250. The van der Waals surface area contributed by atoms with Crippen molar-refractivity contribution in [1.82, 2.24) is 9.97 Å². The number of hydrogen-bond acceptors (Lipinski definition) is 6. The first-order chi connectivity index (χ1) is 15.4. The third-order valence-electron chi connectivity index (χ3n) is 4.79. The van der Waals surface area contributed by atoms with Crippen LogP contribution in [0.1, 0.15) is 25.0 Å². The minimum Gasteiger partial charge on any atom is -0.489 e. The lowest BCUT2D eigenvalue weighted by molar-refractivity contribution is 0.0705. The van der Waals surface area contributed by atoms with Crippen LogP contribution < -0.4 is 9.47 Å². The first kappa shape index (κ1) is 21.6. The highest BCUT2D eigenvalue weighted by molar-refractivity contribution is 6.09. The van der Waals surface area contributed by atoms with Crippen molar-refractivity contribution in [3.8, 4) is 11.6 Å². The largest absolute Gasteiger partial charge is 0.515 e. The Morgan fingerprint density at radius 1 is 1.09 bits per heavy atom. The van der Waals surface area contributed by atoms with E-state index in [0.29, 0.717) is 17.9 Å². The van der Waals surface area contributed by atoms with E-state index in [1.807, 2.05) is 18.2 Å². The van der Waals surface area contributed by atoms with Gasteiger partial charge in [0.1, 0.15) is 18.2 Å². The molecule has 0 aliphatic carbocycles. The van der Waals surface area contributed by atoms with Crippen LogP contribution in [0.3, 0.4) is 0 Å². The number of pyridine rings is 1. The van der Waals surface area contributed by atoms with E-state index >= 15 is 0 Å². The maximum absolute atomic E-state index is 13.1. The zero-order valence-corrected chi connectivity index (χ0v) is 18.0. The number of nitrogens with one attached hydrogen (secondary N) is 1. The molecule has 2 aromatic carbocycles.